The topological polar surface area (TPSA) is 66.9 Å². The molecule has 1 aliphatic carbocycles. The van der Waals surface area contributed by atoms with Gasteiger partial charge in [0.15, 0.2) is 0 Å². The maximum Gasteiger partial charge on any atom is 0.241 e. The van der Waals surface area contributed by atoms with Gasteiger partial charge < -0.3 is 9.64 Å². The van der Waals surface area contributed by atoms with Crippen molar-refractivity contribution in [3.05, 3.63) is 0 Å². The molecule has 3 fully saturated rings. The lowest BCUT2D eigenvalue weighted by Gasteiger charge is -2.26. The molecule has 0 N–H and O–H groups in total. The summed E-state index contributed by atoms with van der Waals surface area (Å²) in [6.07, 6.45) is 5.13. The smallest absolute Gasteiger partial charge is 0.241 e. The van der Waals surface area contributed by atoms with Crippen LogP contribution in [0.2, 0.25) is 0 Å². The van der Waals surface area contributed by atoms with Crippen LogP contribution in [0.3, 0.4) is 0 Å². The van der Waals surface area contributed by atoms with Crippen LogP contribution in [0.1, 0.15) is 25.7 Å². The number of hydrogen-bond acceptors (Lipinski definition) is 4. The third-order valence-electron chi connectivity index (χ3n) is 5.30. The minimum absolute atomic E-state index is 0.0330. The van der Waals surface area contributed by atoms with Crippen LogP contribution in [0, 0.1) is 11.8 Å². The van der Waals surface area contributed by atoms with Crippen LogP contribution in [0.5, 0.6) is 0 Å². The van der Waals surface area contributed by atoms with Crippen molar-refractivity contribution in [3.8, 4) is 0 Å². The predicted octanol–water partition coefficient (Wildman–Crippen LogP) is 0.294. The van der Waals surface area contributed by atoms with Gasteiger partial charge in [0.2, 0.25) is 15.9 Å². The van der Waals surface area contributed by atoms with E-state index in [-0.39, 0.29) is 18.6 Å². The van der Waals surface area contributed by atoms with Crippen LogP contribution in [0.25, 0.3) is 0 Å². The third-order valence-corrected chi connectivity index (χ3v) is 6.56. The molecule has 0 aromatic rings. The molecule has 4 atom stereocenters. The number of fused-ring (bicyclic) bond motifs is 1. The van der Waals surface area contributed by atoms with Gasteiger partial charge in [0.25, 0.3) is 0 Å². The molecular formula is C14H24N2O4S. The number of carbonyl (C=O) groups excluding carboxylic acids is 1. The molecule has 21 heavy (non-hydrogen) atoms. The lowest BCUT2D eigenvalue weighted by atomic mass is 10.0. The van der Waals surface area contributed by atoms with Crippen molar-refractivity contribution in [2.75, 3.05) is 33.0 Å². The van der Waals surface area contributed by atoms with Gasteiger partial charge in [-0.1, -0.05) is 6.42 Å². The minimum atomic E-state index is -3.38. The summed E-state index contributed by atoms with van der Waals surface area (Å²) in [7, 11) is -1.81. The van der Waals surface area contributed by atoms with Crippen molar-refractivity contribution in [2.45, 2.75) is 37.8 Å². The maximum atomic E-state index is 12.8. The average Bonchev–Trinajstić information content (AvgIpc) is 3.10. The summed E-state index contributed by atoms with van der Waals surface area (Å²) in [5.74, 6) is 1.22. The van der Waals surface area contributed by atoms with Gasteiger partial charge in [0, 0.05) is 33.2 Å². The normalized spacial score (nSPS) is 37.1. The second-order valence-electron chi connectivity index (χ2n) is 6.64. The van der Waals surface area contributed by atoms with Gasteiger partial charge in [-0.3, -0.25) is 4.79 Å². The molecule has 2 unspecified atom stereocenters. The summed E-state index contributed by atoms with van der Waals surface area (Å²) in [4.78, 5) is 14.6. The first-order valence-corrected chi connectivity index (χ1v) is 9.53. The molecule has 7 heteroatoms. The molecule has 0 aromatic heterocycles. The maximum absolute atomic E-state index is 12.8. The highest BCUT2D eigenvalue weighted by atomic mass is 32.2. The van der Waals surface area contributed by atoms with Gasteiger partial charge in [-0.15, -0.1) is 0 Å². The van der Waals surface area contributed by atoms with Crippen LogP contribution in [-0.2, 0) is 19.6 Å². The zero-order valence-corrected chi connectivity index (χ0v) is 13.5. The Kier molecular flexibility index (Phi) is 4.00. The van der Waals surface area contributed by atoms with E-state index < -0.39 is 16.1 Å². The molecule has 0 bridgehead atoms. The Morgan fingerprint density at radius 2 is 1.76 bits per heavy atom. The summed E-state index contributed by atoms with van der Waals surface area (Å²) >= 11 is 0. The molecule has 0 aromatic carbocycles. The predicted molar refractivity (Wildman–Crippen MR) is 78.2 cm³/mol. The molecule has 2 saturated heterocycles. The van der Waals surface area contributed by atoms with Crippen molar-refractivity contribution < 1.29 is 17.9 Å². The van der Waals surface area contributed by atoms with Crippen molar-refractivity contribution in [3.63, 3.8) is 0 Å². The largest absolute Gasteiger partial charge is 0.380 e. The van der Waals surface area contributed by atoms with Crippen molar-refractivity contribution in [1.29, 1.82) is 0 Å². The highest BCUT2D eigenvalue weighted by molar-refractivity contribution is 7.88. The monoisotopic (exact) mass is 316 g/mol. The number of carbonyl (C=O) groups is 1. The third kappa shape index (κ3) is 2.83. The number of amides is 1. The van der Waals surface area contributed by atoms with Gasteiger partial charge >= 0.3 is 0 Å². The summed E-state index contributed by atoms with van der Waals surface area (Å²) < 4.78 is 30.4. The number of hydrogen-bond donors (Lipinski definition) is 0. The standard InChI is InChI=1S/C14H24N2O4S/c1-20-12-6-13(16(9-12)21(2,18)19)14(17)15-7-10-4-3-5-11(10)8-15/h10-13H,3-9H2,1-2H3/t10?,11?,12-,13+/m0/s1. The van der Waals surface area contributed by atoms with Crippen LogP contribution < -0.4 is 0 Å². The number of ether oxygens (including phenoxy) is 1. The molecule has 2 aliphatic heterocycles. The van der Waals surface area contributed by atoms with Crippen molar-refractivity contribution in [1.82, 2.24) is 9.21 Å². The Morgan fingerprint density at radius 3 is 2.29 bits per heavy atom. The Balaban J connectivity index is 1.73. The summed E-state index contributed by atoms with van der Waals surface area (Å²) in [5.41, 5.74) is 0. The molecule has 3 rings (SSSR count). The highest BCUT2D eigenvalue weighted by Gasteiger charge is 2.46. The van der Waals surface area contributed by atoms with E-state index in [4.69, 9.17) is 4.74 Å². The fourth-order valence-corrected chi connectivity index (χ4v) is 5.23. The van der Waals surface area contributed by atoms with Crippen molar-refractivity contribution >= 4 is 15.9 Å². The van der Waals surface area contributed by atoms with Crippen LogP contribution >= 0.6 is 0 Å². The van der Waals surface area contributed by atoms with Gasteiger partial charge in [-0.05, 0) is 24.7 Å². The molecule has 1 saturated carbocycles. The molecule has 6 nitrogen and oxygen atoms in total. The quantitative estimate of drug-likeness (QED) is 0.751. The lowest BCUT2D eigenvalue weighted by molar-refractivity contribution is -0.134. The highest BCUT2D eigenvalue weighted by Crippen LogP contribution is 2.38. The molecule has 2 heterocycles. The first kappa shape index (κ1) is 15.2. The molecular weight excluding hydrogens is 292 g/mol. The molecule has 0 radical (unpaired) electrons. The van der Waals surface area contributed by atoms with Gasteiger partial charge in [-0.25, -0.2) is 8.42 Å². The SMILES string of the molecule is CO[C@H]1C[C@H](C(=O)N2CC3CCCC3C2)N(S(C)(=O)=O)C1. The Labute approximate surface area is 126 Å². The van der Waals surface area contributed by atoms with Crippen LogP contribution in [0.4, 0.5) is 0 Å². The zero-order valence-electron chi connectivity index (χ0n) is 12.7. The van der Waals surface area contributed by atoms with Crippen LogP contribution in [-0.4, -0.2) is 68.7 Å². The second-order valence-corrected chi connectivity index (χ2v) is 8.57. The number of nitrogens with zero attached hydrogens (tertiary/aromatic N) is 2. The Morgan fingerprint density at radius 1 is 1.14 bits per heavy atom. The first-order chi connectivity index (χ1) is 9.90. The van der Waals surface area contributed by atoms with E-state index in [2.05, 4.69) is 0 Å². The fourth-order valence-electron chi connectivity index (χ4n) is 4.16. The van der Waals surface area contributed by atoms with Gasteiger partial charge in [0.05, 0.1) is 12.4 Å². The lowest BCUT2D eigenvalue weighted by Crippen LogP contribution is -2.47. The van der Waals surface area contributed by atoms with E-state index in [0.717, 1.165) is 13.1 Å². The van der Waals surface area contributed by atoms with E-state index in [1.54, 1.807) is 7.11 Å². The Hall–Kier alpha value is -0.660. The molecule has 1 amide bonds. The van der Waals surface area contributed by atoms with E-state index in [9.17, 15) is 13.2 Å². The molecule has 120 valence electrons. The van der Waals surface area contributed by atoms with Gasteiger partial charge in [0.1, 0.15) is 6.04 Å². The molecule has 3 aliphatic rings. The van der Waals surface area contributed by atoms with E-state index in [1.807, 2.05) is 4.90 Å². The van der Waals surface area contributed by atoms with Crippen molar-refractivity contribution in [2.24, 2.45) is 11.8 Å². The minimum Gasteiger partial charge on any atom is -0.380 e. The zero-order chi connectivity index (χ0) is 15.2. The van der Waals surface area contributed by atoms with E-state index in [0.29, 0.717) is 18.3 Å². The summed E-state index contributed by atoms with van der Waals surface area (Å²) in [6, 6.07) is -0.580. The second kappa shape index (κ2) is 5.52. The number of rotatable bonds is 3. The number of methoxy groups -OCH3 is 1. The average molecular weight is 316 g/mol. The fraction of sp³-hybridized carbons (Fsp3) is 0.929. The Bertz CT molecular complexity index is 509. The van der Waals surface area contributed by atoms with Crippen LogP contribution in [0.15, 0.2) is 0 Å². The number of sulfonamides is 1. The van der Waals surface area contributed by atoms with Gasteiger partial charge in [-0.2, -0.15) is 4.31 Å². The number of likely N-dealkylation sites (tertiary alicyclic amines) is 1. The van der Waals surface area contributed by atoms with E-state index in [1.165, 1.54) is 29.8 Å². The first-order valence-electron chi connectivity index (χ1n) is 7.68. The summed E-state index contributed by atoms with van der Waals surface area (Å²) in [5, 5.41) is 0. The summed E-state index contributed by atoms with van der Waals surface area (Å²) in [6.45, 7) is 1.89. The molecule has 0 spiro atoms. The van der Waals surface area contributed by atoms with E-state index >= 15 is 0 Å².